The third-order valence-corrected chi connectivity index (χ3v) is 4.39. The molecule has 1 aliphatic carbocycles. The molecule has 0 radical (unpaired) electrons. The monoisotopic (exact) mass is 354 g/mol. The Balaban J connectivity index is 2.02. The first-order chi connectivity index (χ1) is 8.74. The van der Waals surface area contributed by atoms with Crippen molar-refractivity contribution in [3.05, 3.63) is 38.5 Å². The van der Waals surface area contributed by atoms with Crippen LogP contribution in [0.15, 0.2) is 29.3 Å². The van der Waals surface area contributed by atoms with E-state index in [1.165, 1.54) is 25.7 Å². The van der Waals surface area contributed by atoms with Crippen molar-refractivity contribution in [2.45, 2.75) is 32.2 Å². The van der Waals surface area contributed by atoms with E-state index in [0.29, 0.717) is 5.92 Å². The minimum atomic E-state index is 0.102. The second-order valence-electron chi connectivity index (χ2n) is 5.01. The maximum absolute atomic E-state index is 12.4. The quantitative estimate of drug-likeness (QED) is 0.777. The molecule has 2 aromatic rings. The summed E-state index contributed by atoms with van der Waals surface area (Å²) in [5.74, 6) is 0.657. The van der Waals surface area contributed by atoms with Gasteiger partial charge in [0.1, 0.15) is 0 Å². The van der Waals surface area contributed by atoms with E-state index >= 15 is 0 Å². The smallest absolute Gasteiger partial charge is 0.261 e. The fourth-order valence-corrected chi connectivity index (χ4v) is 3.22. The van der Waals surface area contributed by atoms with Gasteiger partial charge in [-0.15, -0.1) is 0 Å². The number of hydrogen-bond donors (Lipinski definition) is 0. The van der Waals surface area contributed by atoms with E-state index in [-0.39, 0.29) is 5.56 Å². The predicted molar refractivity (Wildman–Crippen MR) is 80.7 cm³/mol. The van der Waals surface area contributed by atoms with Gasteiger partial charge in [-0.05, 0) is 59.5 Å². The van der Waals surface area contributed by atoms with E-state index in [1.54, 1.807) is 10.9 Å². The second kappa shape index (κ2) is 4.99. The maximum Gasteiger partial charge on any atom is 0.261 e. The highest BCUT2D eigenvalue weighted by Crippen LogP contribution is 2.25. The van der Waals surface area contributed by atoms with Crippen LogP contribution >= 0.6 is 22.6 Å². The lowest BCUT2D eigenvalue weighted by molar-refractivity contribution is 0.447. The molecule has 1 aromatic carbocycles. The molecule has 1 heterocycles. The van der Waals surface area contributed by atoms with Gasteiger partial charge < -0.3 is 0 Å². The summed E-state index contributed by atoms with van der Waals surface area (Å²) in [6, 6.07) is 5.82. The van der Waals surface area contributed by atoms with Crippen LogP contribution in [0.2, 0.25) is 0 Å². The number of halogens is 1. The van der Waals surface area contributed by atoms with Crippen LogP contribution in [0.5, 0.6) is 0 Å². The largest absolute Gasteiger partial charge is 0.298 e. The second-order valence-corrected chi connectivity index (χ2v) is 6.26. The van der Waals surface area contributed by atoms with Crippen LogP contribution in [0.1, 0.15) is 25.7 Å². The van der Waals surface area contributed by atoms with Gasteiger partial charge in [0.15, 0.2) is 0 Å². The van der Waals surface area contributed by atoms with Gasteiger partial charge in [-0.2, -0.15) is 0 Å². The zero-order valence-electron chi connectivity index (χ0n) is 10.1. The summed E-state index contributed by atoms with van der Waals surface area (Å²) < 4.78 is 2.87. The van der Waals surface area contributed by atoms with Gasteiger partial charge >= 0.3 is 0 Å². The Morgan fingerprint density at radius 1 is 1.33 bits per heavy atom. The number of hydrogen-bond acceptors (Lipinski definition) is 2. The van der Waals surface area contributed by atoms with E-state index in [2.05, 4.69) is 27.6 Å². The molecule has 3 nitrogen and oxygen atoms in total. The van der Waals surface area contributed by atoms with E-state index in [4.69, 9.17) is 0 Å². The van der Waals surface area contributed by atoms with Crippen LogP contribution in [0.4, 0.5) is 0 Å². The highest BCUT2D eigenvalue weighted by Gasteiger charge is 2.16. The third-order valence-electron chi connectivity index (χ3n) is 3.72. The van der Waals surface area contributed by atoms with Crippen molar-refractivity contribution in [2.75, 3.05) is 0 Å². The topological polar surface area (TPSA) is 34.9 Å². The Morgan fingerprint density at radius 2 is 2.11 bits per heavy atom. The Kier molecular flexibility index (Phi) is 3.37. The number of benzene rings is 1. The fourth-order valence-electron chi connectivity index (χ4n) is 2.73. The minimum Gasteiger partial charge on any atom is -0.298 e. The van der Waals surface area contributed by atoms with Crippen molar-refractivity contribution in [3.63, 3.8) is 0 Å². The lowest BCUT2D eigenvalue weighted by Crippen LogP contribution is -2.23. The summed E-state index contributed by atoms with van der Waals surface area (Å²) in [6.07, 6.45) is 6.81. The average molecular weight is 354 g/mol. The highest BCUT2D eigenvalue weighted by molar-refractivity contribution is 14.1. The normalized spacial score (nSPS) is 16.5. The molecule has 94 valence electrons. The van der Waals surface area contributed by atoms with Crippen LogP contribution in [0.3, 0.4) is 0 Å². The summed E-state index contributed by atoms with van der Waals surface area (Å²) >= 11 is 2.23. The van der Waals surface area contributed by atoms with Crippen molar-refractivity contribution in [1.29, 1.82) is 0 Å². The molecule has 4 heteroatoms. The van der Waals surface area contributed by atoms with E-state index in [9.17, 15) is 4.79 Å². The first-order valence-corrected chi connectivity index (χ1v) is 7.46. The summed E-state index contributed by atoms with van der Waals surface area (Å²) in [5, 5.41) is 0.738. The standard InChI is InChI=1S/C14H15IN2O/c15-11-5-6-13-12(7-11)14(18)17(9-16-13)8-10-3-1-2-4-10/h5-7,9-10H,1-4,8H2. The molecule has 0 atom stereocenters. The summed E-state index contributed by atoms with van der Waals surface area (Å²) in [4.78, 5) is 16.8. The number of nitrogens with zero attached hydrogens (tertiary/aromatic N) is 2. The van der Waals surface area contributed by atoms with Crippen LogP contribution in [0, 0.1) is 9.49 Å². The maximum atomic E-state index is 12.4. The summed E-state index contributed by atoms with van der Waals surface area (Å²) in [7, 11) is 0. The average Bonchev–Trinajstić information content (AvgIpc) is 2.86. The Labute approximate surface area is 119 Å². The van der Waals surface area contributed by atoms with Crippen molar-refractivity contribution >= 4 is 33.5 Å². The Hall–Kier alpha value is -0.910. The number of aromatic nitrogens is 2. The number of rotatable bonds is 2. The SMILES string of the molecule is O=c1c2cc(I)ccc2ncn1CC1CCCC1. The molecule has 0 amide bonds. The van der Waals surface area contributed by atoms with Crippen LogP contribution in [-0.4, -0.2) is 9.55 Å². The van der Waals surface area contributed by atoms with Crippen molar-refractivity contribution in [1.82, 2.24) is 9.55 Å². The Bertz CT molecular complexity index is 629. The molecule has 18 heavy (non-hydrogen) atoms. The first-order valence-electron chi connectivity index (χ1n) is 6.39. The minimum absolute atomic E-state index is 0.102. The van der Waals surface area contributed by atoms with E-state index in [0.717, 1.165) is 21.0 Å². The lowest BCUT2D eigenvalue weighted by Gasteiger charge is -2.11. The van der Waals surface area contributed by atoms with Crippen LogP contribution in [0.25, 0.3) is 10.9 Å². The zero-order valence-corrected chi connectivity index (χ0v) is 12.3. The third kappa shape index (κ3) is 2.30. The van der Waals surface area contributed by atoms with Gasteiger partial charge in [-0.3, -0.25) is 9.36 Å². The molecule has 1 aliphatic rings. The fraction of sp³-hybridized carbons (Fsp3) is 0.429. The van der Waals surface area contributed by atoms with Gasteiger partial charge in [-0.25, -0.2) is 4.98 Å². The van der Waals surface area contributed by atoms with Crippen molar-refractivity contribution in [2.24, 2.45) is 5.92 Å². The molecule has 1 saturated carbocycles. The highest BCUT2D eigenvalue weighted by atomic mass is 127. The predicted octanol–water partition coefficient (Wildman–Crippen LogP) is 3.19. The molecular weight excluding hydrogens is 339 g/mol. The molecule has 1 fully saturated rings. The summed E-state index contributed by atoms with van der Waals surface area (Å²) in [5.41, 5.74) is 0.897. The van der Waals surface area contributed by atoms with Crippen LogP contribution in [-0.2, 0) is 6.54 Å². The van der Waals surface area contributed by atoms with Gasteiger partial charge in [0.25, 0.3) is 5.56 Å². The van der Waals surface area contributed by atoms with Crippen molar-refractivity contribution in [3.8, 4) is 0 Å². The molecule has 1 aromatic heterocycles. The van der Waals surface area contributed by atoms with E-state index < -0.39 is 0 Å². The zero-order chi connectivity index (χ0) is 12.5. The molecule has 0 spiro atoms. The molecule has 0 bridgehead atoms. The van der Waals surface area contributed by atoms with Gasteiger partial charge in [0.05, 0.1) is 17.2 Å². The van der Waals surface area contributed by atoms with Crippen LogP contribution < -0.4 is 5.56 Å². The Morgan fingerprint density at radius 3 is 2.89 bits per heavy atom. The number of fused-ring (bicyclic) bond motifs is 1. The lowest BCUT2D eigenvalue weighted by atomic mass is 10.1. The molecular formula is C14H15IN2O. The van der Waals surface area contributed by atoms with E-state index in [1.807, 2.05) is 18.2 Å². The molecule has 0 aliphatic heterocycles. The van der Waals surface area contributed by atoms with Gasteiger partial charge in [0, 0.05) is 10.1 Å². The molecule has 0 unspecified atom stereocenters. The summed E-state index contributed by atoms with van der Waals surface area (Å²) in [6.45, 7) is 0.827. The molecule has 3 rings (SSSR count). The van der Waals surface area contributed by atoms with Gasteiger partial charge in [0.2, 0.25) is 0 Å². The van der Waals surface area contributed by atoms with Gasteiger partial charge in [-0.1, -0.05) is 12.8 Å². The van der Waals surface area contributed by atoms with Crippen molar-refractivity contribution < 1.29 is 0 Å². The first kappa shape index (κ1) is 12.1. The molecule has 0 N–H and O–H groups in total. The molecule has 0 saturated heterocycles.